The minimum atomic E-state index is -3.91. The molecule has 1 aromatic carbocycles. The second kappa shape index (κ2) is 16.3. The van der Waals surface area contributed by atoms with Gasteiger partial charge in [0.05, 0.1) is 32.1 Å². The molecule has 2 aromatic rings. The van der Waals surface area contributed by atoms with Crippen LogP contribution in [0.3, 0.4) is 0 Å². The van der Waals surface area contributed by atoms with E-state index in [-0.39, 0.29) is 25.9 Å². The molecule has 18 heteroatoms. The molecule has 5 aliphatic rings. The summed E-state index contributed by atoms with van der Waals surface area (Å²) in [6.07, 6.45) is 4.65. The van der Waals surface area contributed by atoms with Gasteiger partial charge in [0.2, 0.25) is 27.7 Å². The van der Waals surface area contributed by atoms with Gasteiger partial charge in [0.15, 0.2) is 0 Å². The van der Waals surface area contributed by atoms with E-state index in [9.17, 15) is 27.6 Å². The Morgan fingerprint density at radius 2 is 1.88 bits per heavy atom. The molecule has 17 nitrogen and oxygen atoms in total. The molecule has 310 valence electrons. The lowest BCUT2D eigenvalue weighted by Gasteiger charge is -2.30. The fourth-order valence-corrected chi connectivity index (χ4v) is 8.93. The maximum absolute atomic E-state index is 14.6. The number of pyridine rings is 1. The number of sulfonamides is 1. The van der Waals surface area contributed by atoms with Gasteiger partial charge in [0, 0.05) is 37.4 Å². The molecular formula is C39H53N7O10S. The smallest absolute Gasteiger partial charge is 0.408 e. The van der Waals surface area contributed by atoms with Crippen LogP contribution in [0.5, 0.6) is 11.6 Å². The first kappa shape index (κ1) is 40.5. The largest absolute Gasteiger partial charge is 0.497 e. The van der Waals surface area contributed by atoms with Gasteiger partial charge in [-0.2, -0.15) is 4.98 Å². The van der Waals surface area contributed by atoms with E-state index in [1.165, 1.54) is 4.90 Å². The van der Waals surface area contributed by atoms with Gasteiger partial charge in [-0.05, 0) is 89.1 Å². The van der Waals surface area contributed by atoms with Crippen molar-refractivity contribution in [2.75, 3.05) is 57.9 Å². The van der Waals surface area contributed by atoms with E-state index in [0.29, 0.717) is 81.4 Å². The van der Waals surface area contributed by atoms with Crippen molar-refractivity contribution in [1.29, 1.82) is 0 Å². The van der Waals surface area contributed by atoms with E-state index in [0.717, 1.165) is 5.39 Å². The number of carbonyl (C=O) groups is 4. The molecule has 4 fully saturated rings. The lowest BCUT2D eigenvalue weighted by Crippen LogP contribution is -2.59. The van der Waals surface area contributed by atoms with Crippen molar-refractivity contribution in [2.24, 2.45) is 5.92 Å². The van der Waals surface area contributed by atoms with Crippen molar-refractivity contribution in [3.8, 4) is 11.6 Å². The predicted molar refractivity (Wildman–Crippen MR) is 209 cm³/mol. The van der Waals surface area contributed by atoms with E-state index in [1.54, 1.807) is 33.9 Å². The van der Waals surface area contributed by atoms with Gasteiger partial charge in [-0.25, -0.2) is 13.2 Å². The number of nitrogens with one attached hydrogen (secondary N) is 4. The molecule has 57 heavy (non-hydrogen) atoms. The van der Waals surface area contributed by atoms with Gasteiger partial charge in [0.25, 0.3) is 5.91 Å². The highest BCUT2D eigenvalue weighted by atomic mass is 32.2. The summed E-state index contributed by atoms with van der Waals surface area (Å²) in [6.45, 7) is 8.01. The average molecular weight is 812 g/mol. The summed E-state index contributed by atoms with van der Waals surface area (Å²) < 4.78 is 51.2. The van der Waals surface area contributed by atoms with Crippen LogP contribution in [0.25, 0.3) is 10.8 Å². The number of carbonyl (C=O) groups excluding carboxylic acids is 4. The minimum Gasteiger partial charge on any atom is -0.497 e. The van der Waals surface area contributed by atoms with E-state index in [1.807, 2.05) is 30.4 Å². The van der Waals surface area contributed by atoms with E-state index >= 15 is 0 Å². The predicted octanol–water partition coefficient (Wildman–Crippen LogP) is 1.74. The SMILES string of the molecule is COc1ccc2c(OC3C[C@H]4C(=O)N[C@]5(C(=O)NS(=O)(=O)C6CC6)C[C@H]5/C=C\CCCNC[C@H](NC(=O)OC(C)(C)C)C(=O)N4C3)nc(N3CCOCC3)cc2c1. The average Bonchev–Trinajstić information content (AvgIpc) is 4.09. The van der Waals surface area contributed by atoms with Crippen LogP contribution in [0.2, 0.25) is 0 Å². The third-order valence-corrected chi connectivity index (χ3v) is 12.7. The molecular weight excluding hydrogens is 759 g/mol. The molecule has 0 radical (unpaired) electrons. The number of aromatic nitrogens is 1. The summed E-state index contributed by atoms with van der Waals surface area (Å²) in [5, 5.41) is 9.71. The first-order valence-electron chi connectivity index (χ1n) is 19.7. The third kappa shape index (κ3) is 9.39. The molecule has 0 bridgehead atoms. The van der Waals surface area contributed by atoms with Crippen molar-refractivity contribution >= 4 is 50.4 Å². The van der Waals surface area contributed by atoms with E-state index < -0.39 is 74.3 Å². The first-order chi connectivity index (χ1) is 27.2. The number of morpholine rings is 1. The van der Waals surface area contributed by atoms with Crippen molar-refractivity contribution in [3.63, 3.8) is 0 Å². The summed E-state index contributed by atoms with van der Waals surface area (Å²) in [6, 6.07) is 5.21. The fraction of sp³-hybridized carbons (Fsp3) is 0.615. The molecule has 1 unspecified atom stereocenters. The molecule has 1 aromatic heterocycles. The maximum atomic E-state index is 14.6. The molecule has 2 saturated carbocycles. The highest BCUT2D eigenvalue weighted by Crippen LogP contribution is 2.46. The number of fused-ring (bicyclic) bond motifs is 3. The second-order valence-electron chi connectivity index (χ2n) is 16.4. The number of alkyl carbamates (subject to hydrolysis) is 1. The highest BCUT2D eigenvalue weighted by Gasteiger charge is 2.62. The number of methoxy groups -OCH3 is 1. The Morgan fingerprint density at radius 1 is 1.11 bits per heavy atom. The lowest BCUT2D eigenvalue weighted by atomic mass is 10.1. The zero-order chi connectivity index (χ0) is 40.5. The molecule has 3 aliphatic heterocycles. The summed E-state index contributed by atoms with van der Waals surface area (Å²) in [7, 11) is -2.32. The maximum Gasteiger partial charge on any atom is 0.408 e. The van der Waals surface area contributed by atoms with Crippen molar-refractivity contribution in [1.82, 2.24) is 30.6 Å². The van der Waals surface area contributed by atoms with Crippen LogP contribution in [0.1, 0.15) is 59.3 Å². The number of anilines is 1. The van der Waals surface area contributed by atoms with Crippen LogP contribution in [0.4, 0.5) is 10.6 Å². The van der Waals surface area contributed by atoms with E-state index in [4.69, 9.17) is 23.9 Å². The Kier molecular flexibility index (Phi) is 11.6. The molecule has 4 N–H and O–H groups in total. The molecule has 4 heterocycles. The van der Waals surface area contributed by atoms with Crippen LogP contribution in [-0.4, -0.2) is 130 Å². The van der Waals surface area contributed by atoms with Gasteiger partial charge >= 0.3 is 6.09 Å². The Bertz CT molecular complexity index is 2010. The van der Waals surface area contributed by atoms with Crippen LogP contribution < -0.4 is 35.0 Å². The first-order valence-corrected chi connectivity index (χ1v) is 21.2. The fourth-order valence-electron chi connectivity index (χ4n) is 7.56. The highest BCUT2D eigenvalue weighted by molar-refractivity contribution is 7.91. The third-order valence-electron chi connectivity index (χ3n) is 10.8. The Labute approximate surface area is 332 Å². The van der Waals surface area contributed by atoms with Gasteiger partial charge in [0.1, 0.15) is 40.9 Å². The van der Waals surface area contributed by atoms with Gasteiger partial charge in [-0.1, -0.05) is 12.2 Å². The van der Waals surface area contributed by atoms with Crippen LogP contribution in [-0.2, 0) is 33.9 Å². The Balaban J connectivity index is 1.21. The second-order valence-corrected chi connectivity index (χ2v) is 18.3. The van der Waals surface area contributed by atoms with Crippen molar-refractivity contribution in [2.45, 2.75) is 93.9 Å². The summed E-state index contributed by atoms with van der Waals surface area (Å²) in [5.41, 5.74) is -2.36. The summed E-state index contributed by atoms with van der Waals surface area (Å²) in [5.74, 6) is -0.838. The number of hydrogen-bond acceptors (Lipinski definition) is 13. The van der Waals surface area contributed by atoms with Crippen LogP contribution >= 0.6 is 0 Å². The standard InChI is InChI=1S/C39H53N7O10S/c1-38(2,3)56-37(50)41-30-22-40-13-7-5-6-8-25-21-39(25,36(49)44-57(51,52)28-10-11-28)43-33(47)31-20-27(23-46(31)35(30)48)55-34-29-12-9-26(53-4)18-24(29)19-32(42-34)45-14-16-54-17-15-45/h6,8-9,12,18-19,25,27-28,30-31,40H,5,7,10-11,13-17,20-23H2,1-4H3,(H,41,50)(H,43,47)(H,44,49)/b8-6-/t25-,27?,30+,31+,39-/m1/s1. The minimum absolute atomic E-state index is 0.0177. The van der Waals surface area contributed by atoms with Crippen LogP contribution in [0, 0.1) is 5.92 Å². The zero-order valence-corrected chi connectivity index (χ0v) is 33.7. The monoisotopic (exact) mass is 811 g/mol. The normalized spacial score (nSPS) is 27.9. The van der Waals surface area contributed by atoms with Gasteiger partial charge in [-0.15, -0.1) is 0 Å². The number of rotatable bonds is 8. The molecule has 4 amide bonds. The lowest BCUT2D eigenvalue weighted by molar-refractivity contribution is -0.141. The molecule has 0 spiro atoms. The van der Waals surface area contributed by atoms with E-state index in [2.05, 4.69) is 25.6 Å². The van der Waals surface area contributed by atoms with Crippen LogP contribution in [0.15, 0.2) is 36.4 Å². The number of benzene rings is 1. The Hall–Kier alpha value is -4.68. The molecule has 7 rings (SSSR count). The quantitative estimate of drug-likeness (QED) is 0.281. The van der Waals surface area contributed by atoms with Gasteiger partial charge in [-0.3, -0.25) is 19.1 Å². The Morgan fingerprint density at radius 3 is 2.60 bits per heavy atom. The summed E-state index contributed by atoms with van der Waals surface area (Å²) in [4.78, 5) is 64.3. The topological polar surface area (TPSA) is 207 Å². The molecule has 2 saturated heterocycles. The number of allylic oxidation sites excluding steroid dienone is 1. The molecule has 2 aliphatic carbocycles. The van der Waals surface area contributed by atoms with Crippen molar-refractivity contribution in [3.05, 3.63) is 36.4 Å². The van der Waals surface area contributed by atoms with Gasteiger partial charge < -0.3 is 44.7 Å². The number of nitrogens with zero attached hydrogens (tertiary/aromatic N) is 3. The number of hydrogen-bond donors (Lipinski definition) is 4. The zero-order valence-electron chi connectivity index (χ0n) is 32.9. The number of amides is 4. The summed E-state index contributed by atoms with van der Waals surface area (Å²) >= 11 is 0. The molecule has 5 atom stereocenters. The van der Waals surface area contributed by atoms with Crippen molar-refractivity contribution < 1.29 is 46.5 Å². The number of ether oxygens (including phenoxy) is 4.